The Balaban J connectivity index is 2.35. The van der Waals surface area contributed by atoms with Gasteiger partial charge in [-0.05, 0) is 68.2 Å². The smallest absolute Gasteiger partial charge is 0.242 e. The Bertz CT molecular complexity index is 913. The highest BCUT2D eigenvalue weighted by Gasteiger charge is 2.26. The first kappa shape index (κ1) is 27.6. The lowest BCUT2D eigenvalue weighted by Crippen LogP contribution is -2.20. The van der Waals surface area contributed by atoms with Crippen LogP contribution in [0, 0.1) is 0 Å². The first-order valence-electron chi connectivity index (χ1n) is 11.9. The molecule has 4 heteroatoms. The third-order valence-electron chi connectivity index (χ3n) is 5.99. The molecule has 0 aromatic heterocycles. The highest BCUT2D eigenvalue weighted by Crippen LogP contribution is 2.32. The van der Waals surface area contributed by atoms with Crippen LogP contribution >= 0.6 is 0 Å². The number of rotatable bonds is 2. The van der Waals surface area contributed by atoms with Crippen molar-refractivity contribution >= 4 is 11.9 Å². The van der Waals surface area contributed by atoms with Gasteiger partial charge in [0.2, 0.25) is 0 Å². The van der Waals surface area contributed by atoms with Crippen molar-refractivity contribution in [1.29, 1.82) is 0 Å². The lowest BCUT2D eigenvalue weighted by atomic mass is 9.79. The summed E-state index contributed by atoms with van der Waals surface area (Å²) >= 11 is 0. The van der Waals surface area contributed by atoms with Crippen molar-refractivity contribution in [3.05, 3.63) is 69.8 Å². The van der Waals surface area contributed by atoms with Gasteiger partial charge in [-0.1, -0.05) is 95.2 Å². The van der Waals surface area contributed by atoms with E-state index < -0.39 is 11.9 Å². The predicted octanol–water partition coefficient (Wildman–Crippen LogP) is 7.81. The van der Waals surface area contributed by atoms with E-state index >= 15 is 0 Å². The van der Waals surface area contributed by atoms with Gasteiger partial charge >= 0.3 is 11.9 Å². The number of carbonyl (C=O) groups is 2. The molecule has 0 unspecified atom stereocenters. The van der Waals surface area contributed by atoms with E-state index in [1.165, 1.54) is 0 Å². The molecule has 0 aliphatic rings. The molecule has 4 nitrogen and oxygen atoms in total. The Morgan fingerprint density at radius 1 is 0.441 bits per heavy atom. The Morgan fingerprint density at radius 2 is 0.647 bits per heavy atom. The SMILES string of the molecule is CC(C)(C)c1cc(C(=O)OOC(=O)c2cc(C(C)(C)C)cc(C(C)(C)C)c2)cc(C(C)(C)C)c1. The lowest BCUT2D eigenvalue weighted by molar-refractivity contribution is -0.187. The Kier molecular flexibility index (Phi) is 7.48. The van der Waals surface area contributed by atoms with Crippen molar-refractivity contribution in [2.24, 2.45) is 0 Å². The molecule has 2 rings (SSSR count). The largest absolute Gasteiger partial charge is 0.386 e. The van der Waals surface area contributed by atoms with Gasteiger partial charge < -0.3 is 0 Å². The van der Waals surface area contributed by atoms with Crippen LogP contribution in [0.5, 0.6) is 0 Å². The highest BCUT2D eigenvalue weighted by atomic mass is 17.2. The molecule has 0 radical (unpaired) electrons. The summed E-state index contributed by atoms with van der Waals surface area (Å²) in [4.78, 5) is 35.9. The maximum Gasteiger partial charge on any atom is 0.386 e. The van der Waals surface area contributed by atoms with Crippen molar-refractivity contribution in [3.8, 4) is 0 Å². The van der Waals surface area contributed by atoms with Gasteiger partial charge in [-0.25, -0.2) is 19.4 Å². The molecule has 2 aromatic rings. The highest BCUT2D eigenvalue weighted by molar-refractivity contribution is 5.93. The van der Waals surface area contributed by atoms with Crippen molar-refractivity contribution in [2.75, 3.05) is 0 Å². The van der Waals surface area contributed by atoms with E-state index in [9.17, 15) is 9.59 Å². The molecule has 0 amide bonds. The minimum Gasteiger partial charge on any atom is -0.242 e. The molecule has 34 heavy (non-hydrogen) atoms. The van der Waals surface area contributed by atoms with Crippen LogP contribution in [0.15, 0.2) is 36.4 Å². The van der Waals surface area contributed by atoms with Gasteiger partial charge in [0, 0.05) is 0 Å². The normalized spacial score (nSPS) is 12.9. The fourth-order valence-electron chi connectivity index (χ4n) is 3.39. The van der Waals surface area contributed by atoms with Crippen molar-refractivity contribution in [3.63, 3.8) is 0 Å². The van der Waals surface area contributed by atoms with Gasteiger partial charge in [0.15, 0.2) is 0 Å². The molecule has 0 saturated carbocycles. The number of benzene rings is 2. The van der Waals surface area contributed by atoms with Crippen LogP contribution < -0.4 is 0 Å². The third kappa shape index (κ3) is 6.94. The Labute approximate surface area is 206 Å². The summed E-state index contributed by atoms with van der Waals surface area (Å²) < 4.78 is 0. The molecule has 2 aromatic carbocycles. The Morgan fingerprint density at radius 3 is 0.824 bits per heavy atom. The molecule has 0 heterocycles. The molecule has 0 aliphatic heterocycles. The van der Waals surface area contributed by atoms with Crippen LogP contribution in [0.25, 0.3) is 0 Å². The molecule has 0 saturated heterocycles. The van der Waals surface area contributed by atoms with E-state index in [1.54, 1.807) is 0 Å². The summed E-state index contributed by atoms with van der Waals surface area (Å²) in [6.07, 6.45) is 0. The van der Waals surface area contributed by atoms with E-state index in [-0.39, 0.29) is 21.7 Å². The van der Waals surface area contributed by atoms with Gasteiger partial charge in [0.05, 0.1) is 11.1 Å². The van der Waals surface area contributed by atoms with Gasteiger partial charge in [-0.2, -0.15) is 0 Å². The van der Waals surface area contributed by atoms with Crippen molar-refractivity contribution in [1.82, 2.24) is 0 Å². The third-order valence-corrected chi connectivity index (χ3v) is 5.99. The zero-order valence-electron chi connectivity index (χ0n) is 23.1. The summed E-state index contributed by atoms with van der Waals surface area (Å²) in [5.41, 5.74) is 4.21. The minimum atomic E-state index is -0.687. The number of hydrogen-bond donors (Lipinski definition) is 0. The van der Waals surface area contributed by atoms with Crippen LogP contribution in [-0.4, -0.2) is 11.9 Å². The topological polar surface area (TPSA) is 52.6 Å². The summed E-state index contributed by atoms with van der Waals surface area (Å²) in [5.74, 6) is -1.37. The second-order valence-electron chi connectivity index (χ2n) is 13.3. The van der Waals surface area contributed by atoms with E-state index in [2.05, 4.69) is 95.2 Å². The van der Waals surface area contributed by atoms with Gasteiger partial charge in [-0.3, -0.25) is 0 Å². The molecular weight excluding hydrogens is 424 g/mol. The van der Waals surface area contributed by atoms with Gasteiger partial charge in [-0.15, -0.1) is 0 Å². The summed E-state index contributed by atoms with van der Waals surface area (Å²) in [6.45, 7) is 25.2. The van der Waals surface area contributed by atoms with Gasteiger partial charge in [0.1, 0.15) is 0 Å². The first-order valence-corrected chi connectivity index (χ1v) is 11.9. The van der Waals surface area contributed by atoms with Crippen LogP contribution in [0.1, 0.15) is 126 Å². The standard InChI is InChI=1S/C30H42O4/c1-27(2,3)21-13-19(14-22(17-21)28(4,5)6)25(31)33-34-26(32)20-15-23(29(7,8)9)18-24(16-20)30(10,11)12/h13-18H,1-12H3. The number of carbonyl (C=O) groups excluding carboxylic acids is 2. The second kappa shape index (κ2) is 9.20. The maximum absolute atomic E-state index is 12.9. The lowest BCUT2D eigenvalue weighted by Gasteiger charge is -2.26. The molecule has 186 valence electrons. The predicted molar refractivity (Wildman–Crippen MR) is 139 cm³/mol. The van der Waals surface area contributed by atoms with Crippen LogP contribution in [0.3, 0.4) is 0 Å². The maximum atomic E-state index is 12.9. The molecule has 0 fully saturated rings. The quantitative estimate of drug-likeness (QED) is 0.334. The monoisotopic (exact) mass is 466 g/mol. The summed E-state index contributed by atoms with van der Waals surface area (Å²) in [7, 11) is 0. The fraction of sp³-hybridized carbons (Fsp3) is 0.533. The minimum absolute atomic E-state index is 0.149. The average Bonchev–Trinajstić information content (AvgIpc) is 2.68. The molecule has 0 aliphatic carbocycles. The fourth-order valence-corrected chi connectivity index (χ4v) is 3.39. The molecule has 0 spiro atoms. The summed E-state index contributed by atoms with van der Waals surface area (Å²) in [6, 6.07) is 11.5. The zero-order chi connectivity index (χ0) is 26.3. The van der Waals surface area contributed by atoms with E-state index in [0.29, 0.717) is 11.1 Å². The molecule has 0 bridgehead atoms. The van der Waals surface area contributed by atoms with E-state index in [1.807, 2.05) is 24.3 Å². The molecule has 0 N–H and O–H groups in total. The second-order valence-corrected chi connectivity index (χ2v) is 13.3. The summed E-state index contributed by atoms with van der Waals surface area (Å²) in [5, 5.41) is 0. The zero-order valence-corrected chi connectivity index (χ0v) is 23.1. The molecular formula is C30H42O4. The molecule has 0 atom stereocenters. The number of hydrogen-bond acceptors (Lipinski definition) is 4. The Hall–Kier alpha value is -2.62. The van der Waals surface area contributed by atoms with Crippen molar-refractivity contribution < 1.29 is 19.4 Å². The van der Waals surface area contributed by atoms with E-state index in [0.717, 1.165) is 22.3 Å². The van der Waals surface area contributed by atoms with Crippen molar-refractivity contribution in [2.45, 2.75) is 105 Å². The van der Waals surface area contributed by atoms with Crippen LogP contribution in [0.4, 0.5) is 0 Å². The van der Waals surface area contributed by atoms with Crippen LogP contribution in [0.2, 0.25) is 0 Å². The van der Waals surface area contributed by atoms with E-state index in [4.69, 9.17) is 9.78 Å². The van der Waals surface area contributed by atoms with Gasteiger partial charge in [0.25, 0.3) is 0 Å². The first-order chi connectivity index (χ1) is 15.2. The average molecular weight is 467 g/mol. The van der Waals surface area contributed by atoms with Crippen LogP contribution in [-0.2, 0) is 31.4 Å².